The van der Waals surface area contributed by atoms with E-state index in [9.17, 15) is 0 Å². The highest BCUT2D eigenvalue weighted by Crippen LogP contribution is 2.54. The maximum Gasteiger partial charge on any atom is 0.00458 e. The Hall–Kier alpha value is -1.04. The minimum Gasteiger partial charge on any atom is -0.0733 e. The summed E-state index contributed by atoms with van der Waals surface area (Å²) in [6.07, 6.45) is 19.1. The molecule has 0 heterocycles. The van der Waals surface area contributed by atoms with Crippen molar-refractivity contribution >= 4 is 0 Å². The maximum atomic E-state index is 2.68. The van der Waals surface area contributed by atoms with E-state index >= 15 is 0 Å². The molecule has 2 saturated carbocycles. The molecule has 0 N–H and O–H groups in total. The maximum absolute atomic E-state index is 2.68. The lowest BCUT2D eigenvalue weighted by Crippen LogP contribution is -2.31. The zero-order chi connectivity index (χ0) is 17.6. The Kier molecular flexibility index (Phi) is 4.59. The molecular formula is C25H36. The molecule has 0 radical (unpaired) electrons. The van der Waals surface area contributed by atoms with Crippen molar-refractivity contribution in [1.29, 1.82) is 0 Å². The molecule has 0 aromatic rings. The molecule has 0 aliphatic heterocycles. The quantitative estimate of drug-likeness (QED) is 0.485. The highest BCUT2D eigenvalue weighted by atomic mass is 14.5. The SMILES string of the molecule is CC1=C2CCCCCC2=CC1C(C)(C)C1C=C2CCCCCC2=C1C. The van der Waals surface area contributed by atoms with Gasteiger partial charge in [0.15, 0.2) is 0 Å². The number of hydrogen-bond donors (Lipinski definition) is 0. The van der Waals surface area contributed by atoms with Crippen molar-refractivity contribution in [3.63, 3.8) is 0 Å². The molecule has 4 rings (SSSR count). The number of fused-ring (bicyclic) bond motifs is 2. The molecule has 0 aromatic heterocycles. The molecule has 2 unspecified atom stereocenters. The van der Waals surface area contributed by atoms with Gasteiger partial charge in [-0.1, -0.05) is 50.0 Å². The number of rotatable bonds is 2. The van der Waals surface area contributed by atoms with E-state index in [0.717, 1.165) is 0 Å². The molecule has 4 aliphatic carbocycles. The van der Waals surface area contributed by atoms with Crippen LogP contribution in [-0.4, -0.2) is 0 Å². The van der Waals surface area contributed by atoms with Crippen LogP contribution in [0.2, 0.25) is 0 Å². The molecule has 136 valence electrons. The molecule has 0 saturated heterocycles. The van der Waals surface area contributed by atoms with Gasteiger partial charge in [0.1, 0.15) is 0 Å². The zero-order valence-corrected chi connectivity index (χ0v) is 16.9. The van der Waals surface area contributed by atoms with Crippen LogP contribution in [-0.2, 0) is 0 Å². The lowest BCUT2D eigenvalue weighted by Gasteiger charge is -2.38. The Balaban J connectivity index is 1.67. The first kappa shape index (κ1) is 17.4. The predicted molar refractivity (Wildman–Crippen MR) is 108 cm³/mol. The summed E-state index contributed by atoms with van der Waals surface area (Å²) in [6.45, 7) is 9.97. The largest absolute Gasteiger partial charge is 0.0733 e. The van der Waals surface area contributed by atoms with Crippen LogP contribution in [0.3, 0.4) is 0 Å². The molecule has 0 spiro atoms. The monoisotopic (exact) mass is 336 g/mol. The van der Waals surface area contributed by atoms with Crippen molar-refractivity contribution in [3.8, 4) is 0 Å². The lowest BCUT2D eigenvalue weighted by atomic mass is 9.65. The van der Waals surface area contributed by atoms with Gasteiger partial charge in [-0.2, -0.15) is 0 Å². The molecule has 2 fully saturated rings. The van der Waals surface area contributed by atoms with Crippen molar-refractivity contribution in [2.45, 2.75) is 91.9 Å². The van der Waals surface area contributed by atoms with E-state index in [0.29, 0.717) is 17.3 Å². The second-order valence-corrected chi connectivity index (χ2v) is 9.60. The topological polar surface area (TPSA) is 0 Å². The van der Waals surface area contributed by atoms with Crippen LogP contribution < -0.4 is 0 Å². The van der Waals surface area contributed by atoms with Crippen LogP contribution >= 0.6 is 0 Å². The molecule has 0 bridgehead atoms. The fourth-order valence-corrected chi connectivity index (χ4v) is 6.25. The fourth-order valence-electron chi connectivity index (χ4n) is 6.25. The zero-order valence-electron chi connectivity index (χ0n) is 16.9. The van der Waals surface area contributed by atoms with Crippen LogP contribution in [0.1, 0.15) is 91.9 Å². The van der Waals surface area contributed by atoms with Gasteiger partial charge in [0.25, 0.3) is 0 Å². The van der Waals surface area contributed by atoms with E-state index in [1.54, 1.807) is 33.4 Å². The molecule has 4 aliphatic rings. The Morgan fingerprint density at radius 2 is 1.04 bits per heavy atom. The summed E-state index contributed by atoms with van der Waals surface area (Å²) in [5, 5.41) is 0. The molecule has 2 atom stereocenters. The Labute approximate surface area is 155 Å². The van der Waals surface area contributed by atoms with Gasteiger partial charge < -0.3 is 0 Å². The van der Waals surface area contributed by atoms with E-state index in [-0.39, 0.29) is 0 Å². The minimum atomic E-state index is 0.298. The van der Waals surface area contributed by atoms with Crippen molar-refractivity contribution in [3.05, 3.63) is 45.6 Å². The van der Waals surface area contributed by atoms with Gasteiger partial charge in [-0.25, -0.2) is 0 Å². The number of hydrogen-bond acceptors (Lipinski definition) is 0. The Morgan fingerprint density at radius 1 is 0.640 bits per heavy atom. The van der Waals surface area contributed by atoms with E-state index in [1.165, 1.54) is 64.2 Å². The van der Waals surface area contributed by atoms with Gasteiger partial charge in [-0.15, -0.1) is 0 Å². The van der Waals surface area contributed by atoms with Gasteiger partial charge in [-0.05, 0) is 92.9 Å². The predicted octanol–water partition coefficient (Wildman–Crippen LogP) is 7.69. The van der Waals surface area contributed by atoms with Gasteiger partial charge in [0, 0.05) is 11.8 Å². The van der Waals surface area contributed by atoms with Gasteiger partial charge >= 0.3 is 0 Å². The van der Waals surface area contributed by atoms with Crippen LogP contribution in [0.15, 0.2) is 45.6 Å². The standard InChI is InChI=1S/C25H36/c1-17-21-13-9-5-7-11-19(21)15-23(17)25(3,4)24-16-20-12-8-6-10-14-22(20)18(24)2/h15-16,23-24H,5-14H2,1-4H3. The van der Waals surface area contributed by atoms with E-state index in [2.05, 4.69) is 39.8 Å². The summed E-state index contributed by atoms with van der Waals surface area (Å²) in [4.78, 5) is 0. The highest BCUT2D eigenvalue weighted by molar-refractivity contribution is 5.49. The van der Waals surface area contributed by atoms with Crippen LogP contribution in [0.25, 0.3) is 0 Å². The lowest BCUT2D eigenvalue weighted by molar-refractivity contribution is 0.233. The van der Waals surface area contributed by atoms with Crippen molar-refractivity contribution in [2.24, 2.45) is 17.3 Å². The summed E-state index contributed by atoms with van der Waals surface area (Å²) in [6, 6.07) is 0. The van der Waals surface area contributed by atoms with Crippen molar-refractivity contribution in [1.82, 2.24) is 0 Å². The van der Waals surface area contributed by atoms with Crippen LogP contribution in [0.4, 0.5) is 0 Å². The smallest absolute Gasteiger partial charge is 0.00458 e. The minimum absolute atomic E-state index is 0.298. The first-order chi connectivity index (χ1) is 12.0. The van der Waals surface area contributed by atoms with Crippen LogP contribution in [0, 0.1) is 17.3 Å². The van der Waals surface area contributed by atoms with E-state index in [4.69, 9.17) is 0 Å². The second-order valence-electron chi connectivity index (χ2n) is 9.60. The van der Waals surface area contributed by atoms with Gasteiger partial charge in [0.2, 0.25) is 0 Å². The molecule has 0 aromatic carbocycles. The third kappa shape index (κ3) is 2.90. The highest BCUT2D eigenvalue weighted by Gasteiger charge is 2.43. The summed E-state index contributed by atoms with van der Waals surface area (Å²) in [5.74, 6) is 1.27. The van der Waals surface area contributed by atoms with Crippen LogP contribution in [0.5, 0.6) is 0 Å². The average molecular weight is 337 g/mol. The first-order valence-electron chi connectivity index (χ1n) is 10.8. The second kappa shape index (κ2) is 6.60. The van der Waals surface area contributed by atoms with E-state index < -0.39 is 0 Å². The molecule has 0 heteroatoms. The molecule has 0 nitrogen and oxygen atoms in total. The summed E-state index contributed by atoms with van der Waals surface area (Å²) in [7, 11) is 0. The summed E-state index contributed by atoms with van der Waals surface area (Å²) in [5.41, 5.74) is 10.6. The Morgan fingerprint density at radius 3 is 1.48 bits per heavy atom. The first-order valence-corrected chi connectivity index (χ1v) is 10.8. The Bertz CT molecular complexity index is 619. The normalized spacial score (nSPS) is 30.6. The van der Waals surface area contributed by atoms with Gasteiger partial charge in [-0.3, -0.25) is 0 Å². The fraction of sp³-hybridized carbons (Fsp3) is 0.680. The van der Waals surface area contributed by atoms with E-state index in [1.807, 2.05) is 0 Å². The third-order valence-corrected chi connectivity index (χ3v) is 7.74. The number of allylic oxidation sites excluding steroid dienone is 8. The molecule has 0 amide bonds. The van der Waals surface area contributed by atoms with Gasteiger partial charge in [0.05, 0.1) is 0 Å². The summed E-state index contributed by atoms with van der Waals surface area (Å²) < 4.78 is 0. The third-order valence-electron chi connectivity index (χ3n) is 7.74. The molecular weight excluding hydrogens is 300 g/mol. The molecule has 25 heavy (non-hydrogen) atoms. The van der Waals surface area contributed by atoms with Crippen molar-refractivity contribution < 1.29 is 0 Å². The summed E-state index contributed by atoms with van der Waals surface area (Å²) >= 11 is 0. The average Bonchev–Trinajstić information content (AvgIpc) is 2.88. The van der Waals surface area contributed by atoms with Crippen molar-refractivity contribution in [2.75, 3.05) is 0 Å².